The van der Waals surface area contributed by atoms with Gasteiger partial charge < -0.3 is 4.74 Å². The Bertz CT molecular complexity index is 753. The molecule has 0 fully saturated rings. The summed E-state index contributed by atoms with van der Waals surface area (Å²) in [5, 5.41) is 4.64. The van der Waals surface area contributed by atoms with Crippen LogP contribution in [0.25, 0.3) is 10.8 Å². The number of fused-ring (bicyclic) bond motifs is 1. The van der Waals surface area contributed by atoms with Gasteiger partial charge in [0.15, 0.2) is 0 Å². The molecule has 1 heterocycles. The first kappa shape index (κ1) is 14.4. The predicted molar refractivity (Wildman–Crippen MR) is 98.3 cm³/mol. The highest BCUT2D eigenvalue weighted by molar-refractivity contribution is 14.1. The van der Waals surface area contributed by atoms with Gasteiger partial charge in [0.1, 0.15) is 5.75 Å². The molecule has 0 amide bonds. The van der Waals surface area contributed by atoms with E-state index >= 15 is 0 Å². The Hall–Kier alpha value is -0.590. The molecule has 1 aromatic heterocycles. The van der Waals surface area contributed by atoms with Gasteiger partial charge in [0.2, 0.25) is 0 Å². The second kappa shape index (κ2) is 6.03. The summed E-state index contributed by atoms with van der Waals surface area (Å²) in [7, 11) is 1.70. The van der Waals surface area contributed by atoms with Crippen LogP contribution in [0.15, 0.2) is 47.8 Å². The standard InChI is InChI=1S/C16H12BrIOS/c1-19-14-5-4-10-6-12(3-2-11(10)7-14)16(17)13-8-15(18)20-9-13/h2-9,16H,1H3. The Morgan fingerprint density at radius 2 is 1.80 bits per heavy atom. The number of ether oxygens (including phenoxy) is 1. The second-order valence-corrected chi connectivity index (χ2v) is 8.24. The van der Waals surface area contributed by atoms with Crippen molar-refractivity contribution in [3.8, 4) is 5.75 Å². The summed E-state index contributed by atoms with van der Waals surface area (Å²) >= 11 is 7.94. The SMILES string of the molecule is COc1ccc2cc(C(Br)c3csc(I)c3)ccc2c1. The van der Waals surface area contributed by atoms with Crippen LogP contribution in [0.2, 0.25) is 0 Å². The van der Waals surface area contributed by atoms with Crippen molar-refractivity contribution < 1.29 is 4.74 Å². The minimum Gasteiger partial charge on any atom is -0.497 e. The lowest BCUT2D eigenvalue weighted by atomic mass is 10.0. The van der Waals surface area contributed by atoms with Gasteiger partial charge in [-0.2, -0.15) is 0 Å². The third kappa shape index (κ3) is 2.87. The van der Waals surface area contributed by atoms with Crippen LogP contribution < -0.4 is 4.74 Å². The van der Waals surface area contributed by atoms with E-state index in [9.17, 15) is 0 Å². The van der Waals surface area contributed by atoms with E-state index in [2.05, 4.69) is 80.3 Å². The first-order valence-corrected chi connectivity index (χ1v) is 9.00. The van der Waals surface area contributed by atoms with Gasteiger partial charge in [-0.1, -0.05) is 34.1 Å². The van der Waals surface area contributed by atoms with Crippen molar-refractivity contribution >= 4 is 60.6 Å². The molecule has 1 nitrogen and oxygen atoms in total. The molecule has 102 valence electrons. The molecule has 0 aliphatic rings. The van der Waals surface area contributed by atoms with E-state index in [1.165, 1.54) is 24.8 Å². The average Bonchev–Trinajstić information content (AvgIpc) is 2.92. The van der Waals surface area contributed by atoms with Crippen molar-refractivity contribution in [1.82, 2.24) is 0 Å². The Balaban J connectivity index is 2.00. The van der Waals surface area contributed by atoms with Crippen LogP contribution in [0.4, 0.5) is 0 Å². The fourth-order valence-electron chi connectivity index (χ4n) is 2.18. The summed E-state index contributed by atoms with van der Waals surface area (Å²) in [4.78, 5) is 0.244. The number of benzene rings is 2. The molecule has 0 radical (unpaired) electrons. The summed E-state index contributed by atoms with van der Waals surface area (Å²) in [5.74, 6) is 0.896. The zero-order valence-electron chi connectivity index (χ0n) is 10.8. The number of hydrogen-bond donors (Lipinski definition) is 0. The molecule has 20 heavy (non-hydrogen) atoms. The predicted octanol–water partition coefficient (Wildman–Crippen LogP) is 6.00. The van der Waals surface area contributed by atoms with Crippen molar-refractivity contribution in [3.63, 3.8) is 0 Å². The Kier molecular flexibility index (Phi) is 4.33. The summed E-state index contributed by atoms with van der Waals surface area (Å²) in [6, 6.07) is 15.0. The largest absolute Gasteiger partial charge is 0.497 e. The van der Waals surface area contributed by atoms with Crippen LogP contribution in [0.3, 0.4) is 0 Å². The Labute approximate surface area is 144 Å². The Morgan fingerprint density at radius 1 is 1.05 bits per heavy atom. The number of rotatable bonds is 3. The summed E-state index contributed by atoms with van der Waals surface area (Å²) in [5.41, 5.74) is 2.59. The quantitative estimate of drug-likeness (QED) is 0.345. The number of methoxy groups -OCH3 is 1. The molecule has 0 saturated carbocycles. The van der Waals surface area contributed by atoms with Gasteiger partial charge in [0, 0.05) is 0 Å². The van der Waals surface area contributed by atoms with Gasteiger partial charge in [-0.15, -0.1) is 11.3 Å². The van der Waals surface area contributed by atoms with E-state index in [1.807, 2.05) is 6.07 Å². The van der Waals surface area contributed by atoms with Gasteiger partial charge in [0.25, 0.3) is 0 Å². The third-order valence-electron chi connectivity index (χ3n) is 3.24. The van der Waals surface area contributed by atoms with Crippen molar-refractivity contribution in [2.24, 2.45) is 0 Å². The normalized spacial score (nSPS) is 12.6. The summed E-state index contributed by atoms with van der Waals surface area (Å²) in [6.45, 7) is 0. The fraction of sp³-hybridized carbons (Fsp3) is 0.125. The van der Waals surface area contributed by atoms with E-state index < -0.39 is 0 Å². The smallest absolute Gasteiger partial charge is 0.119 e. The topological polar surface area (TPSA) is 9.23 Å². The second-order valence-electron chi connectivity index (χ2n) is 4.52. The van der Waals surface area contributed by atoms with Gasteiger partial charge >= 0.3 is 0 Å². The first-order valence-electron chi connectivity index (χ1n) is 6.13. The fourth-order valence-corrected chi connectivity index (χ4v) is 4.30. The molecule has 0 bridgehead atoms. The molecule has 0 aliphatic carbocycles. The van der Waals surface area contributed by atoms with Crippen molar-refractivity contribution in [1.29, 1.82) is 0 Å². The lowest BCUT2D eigenvalue weighted by Gasteiger charge is -2.10. The molecule has 4 heteroatoms. The minimum atomic E-state index is 0.244. The van der Waals surface area contributed by atoms with Crippen LogP contribution in [0.1, 0.15) is 16.0 Å². The summed E-state index contributed by atoms with van der Waals surface area (Å²) in [6.07, 6.45) is 0. The van der Waals surface area contributed by atoms with Crippen molar-refractivity contribution in [2.75, 3.05) is 7.11 Å². The molecule has 0 N–H and O–H groups in total. The number of halogens is 2. The van der Waals surface area contributed by atoms with Gasteiger partial charge in [0.05, 0.1) is 14.8 Å². The lowest BCUT2D eigenvalue weighted by Crippen LogP contribution is -1.91. The molecule has 0 spiro atoms. The van der Waals surface area contributed by atoms with Crippen LogP contribution in [-0.2, 0) is 0 Å². The minimum absolute atomic E-state index is 0.244. The molecule has 3 rings (SSSR count). The third-order valence-corrected chi connectivity index (χ3v) is 6.11. The zero-order chi connectivity index (χ0) is 14.1. The highest BCUT2D eigenvalue weighted by atomic mass is 127. The lowest BCUT2D eigenvalue weighted by molar-refractivity contribution is 0.415. The molecule has 0 aliphatic heterocycles. The van der Waals surface area contributed by atoms with Gasteiger partial charge in [-0.25, -0.2) is 0 Å². The number of thiophene rings is 1. The maximum atomic E-state index is 5.26. The van der Waals surface area contributed by atoms with E-state index in [4.69, 9.17) is 4.74 Å². The molecule has 2 aromatic carbocycles. The molecule has 1 atom stereocenters. The van der Waals surface area contributed by atoms with Gasteiger partial charge in [-0.3, -0.25) is 0 Å². The average molecular weight is 459 g/mol. The maximum Gasteiger partial charge on any atom is 0.119 e. The first-order chi connectivity index (χ1) is 9.67. The molecule has 0 saturated heterocycles. The molecular weight excluding hydrogens is 447 g/mol. The maximum absolute atomic E-state index is 5.26. The number of hydrogen-bond acceptors (Lipinski definition) is 2. The molecule has 3 aromatic rings. The van der Waals surface area contributed by atoms with Crippen LogP contribution >= 0.6 is 49.9 Å². The highest BCUT2D eigenvalue weighted by Crippen LogP contribution is 2.35. The van der Waals surface area contributed by atoms with Crippen LogP contribution in [-0.4, -0.2) is 7.11 Å². The monoisotopic (exact) mass is 458 g/mol. The zero-order valence-corrected chi connectivity index (χ0v) is 15.3. The molecular formula is C16H12BrIOS. The van der Waals surface area contributed by atoms with E-state index in [1.54, 1.807) is 18.4 Å². The highest BCUT2D eigenvalue weighted by Gasteiger charge is 2.12. The van der Waals surface area contributed by atoms with Crippen molar-refractivity contribution in [3.05, 3.63) is 61.9 Å². The summed E-state index contributed by atoms with van der Waals surface area (Å²) < 4.78 is 6.58. The number of alkyl halides is 1. The van der Waals surface area contributed by atoms with E-state index in [0.29, 0.717) is 0 Å². The van der Waals surface area contributed by atoms with Gasteiger partial charge in [-0.05, 0) is 74.1 Å². The van der Waals surface area contributed by atoms with Crippen LogP contribution in [0.5, 0.6) is 5.75 Å². The molecule has 1 unspecified atom stereocenters. The van der Waals surface area contributed by atoms with E-state index in [0.717, 1.165) is 5.75 Å². The van der Waals surface area contributed by atoms with Crippen molar-refractivity contribution in [2.45, 2.75) is 4.83 Å². The van der Waals surface area contributed by atoms with Crippen LogP contribution in [0, 0.1) is 2.88 Å². The van der Waals surface area contributed by atoms with E-state index in [-0.39, 0.29) is 4.83 Å². The Morgan fingerprint density at radius 3 is 2.50 bits per heavy atom.